The Hall–Kier alpha value is -1.98. The Kier molecular flexibility index (Phi) is 4.45. The van der Waals surface area contributed by atoms with E-state index < -0.39 is 0 Å². The van der Waals surface area contributed by atoms with Gasteiger partial charge in [0.15, 0.2) is 0 Å². The summed E-state index contributed by atoms with van der Waals surface area (Å²) in [7, 11) is 0. The zero-order valence-electron chi connectivity index (χ0n) is 13.5. The van der Waals surface area contributed by atoms with Gasteiger partial charge in [-0.05, 0) is 18.4 Å². The minimum atomic E-state index is -0.0412. The predicted molar refractivity (Wildman–Crippen MR) is 99.4 cm³/mol. The number of rotatable bonds is 4. The van der Waals surface area contributed by atoms with Crippen LogP contribution < -0.4 is 10.9 Å². The summed E-state index contributed by atoms with van der Waals surface area (Å²) < 4.78 is 0. The van der Waals surface area contributed by atoms with E-state index in [4.69, 9.17) is 0 Å². The number of nitrogens with one attached hydrogen (secondary N) is 2. The number of thiophene rings is 1. The van der Waals surface area contributed by atoms with Gasteiger partial charge in [-0.25, -0.2) is 4.98 Å². The third kappa shape index (κ3) is 3.14. The molecule has 2 heterocycles. The molecule has 0 spiro atoms. The quantitative estimate of drug-likeness (QED) is 0.753. The fraction of sp³-hybridized carbons (Fsp3) is 0.368. The third-order valence-electron chi connectivity index (χ3n) is 4.74. The number of hydrogen-bond acceptors (Lipinski definition) is 4. The summed E-state index contributed by atoms with van der Waals surface area (Å²) >= 11 is 1.54. The summed E-state index contributed by atoms with van der Waals surface area (Å²) in [5.41, 5.74) is 1.99. The van der Waals surface area contributed by atoms with E-state index in [9.17, 15) is 4.79 Å². The number of fused-ring (bicyclic) bond motifs is 1. The molecule has 0 unspecified atom stereocenters. The van der Waals surface area contributed by atoms with Crippen molar-refractivity contribution in [3.8, 4) is 11.1 Å². The molecule has 1 aromatic carbocycles. The molecular weight excluding hydrogens is 318 g/mol. The lowest BCUT2D eigenvalue weighted by atomic mass is 9.95. The van der Waals surface area contributed by atoms with Crippen LogP contribution in [0.3, 0.4) is 0 Å². The molecule has 24 heavy (non-hydrogen) atoms. The second-order valence-electron chi connectivity index (χ2n) is 6.42. The highest BCUT2D eigenvalue weighted by Gasteiger charge is 2.15. The lowest BCUT2D eigenvalue weighted by Gasteiger charge is -2.22. The van der Waals surface area contributed by atoms with E-state index in [-0.39, 0.29) is 5.56 Å². The summed E-state index contributed by atoms with van der Waals surface area (Å²) in [6.07, 6.45) is 6.39. The Balaban J connectivity index is 1.60. The van der Waals surface area contributed by atoms with Gasteiger partial charge in [0.2, 0.25) is 0 Å². The molecule has 0 bridgehead atoms. The first-order chi connectivity index (χ1) is 11.8. The molecule has 2 aromatic heterocycles. The molecule has 0 radical (unpaired) electrons. The van der Waals surface area contributed by atoms with Crippen LogP contribution in [0.1, 0.15) is 37.9 Å². The zero-order valence-corrected chi connectivity index (χ0v) is 14.4. The Morgan fingerprint density at radius 2 is 1.96 bits per heavy atom. The molecule has 0 saturated heterocycles. The molecule has 3 aromatic rings. The highest BCUT2D eigenvalue weighted by Crippen LogP contribution is 2.30. The van der Waals surface area contributed by atoms with Gasteiger partial charge in [0, 0.05) is 17.0 Å². The molecule has 0 atom stereocenters. The minimum absolute atomic E-state index is 0.0412. The molecule has 124 valence electrons. The minimum Gasteiger partial charge on any atom is -0.309 e. The Labute approximate surface area is 145 Å². The Morgan fingerprint density at radius 3 is 2.75 bits per heavy atom. The van der Waals surface area contributed by atoms with Crippen LogP contribution in [0.4, 0.5) is 0 Å². The van der Waals surface area contributed by atoms with Crippen molar-refractivity contribution in [1.29, 1.82) is 0 Å². The molecule has 4 nitrogen and oxygen atoms in total. The van der Waals surface area contributed by atoms with Crippen molar-refractivity contribution in [3.05, 3.63) is 51.9 Å². The summed E-state index contributed by atoms with van der Waals surface area (Å²) in [6.45, 7) is 0.633. The lowest BCUT2D eigenvalue weighted by molar-refractivity contribution is 0.369. The maximum absolute atomic E-state index is 12.6. The predicted octanol–water partition coefficient (Wildman–Crippen LogP) is 4.07. The van der Waals surface area contributed by atoms with Gasteiger partial charge in [-0.1, -0.05) is 49.6 Å². The van der Waals surface area contributed by atoms with Crippen molar-refractivity contribution in [1.82, 2.24) is 15.3 Å². The van der Waals surface area contributed by atoms with Gasteiger partial charge in [0.1, 0.15) is 10.7 Å². The second-order valence-corrected chi connectivity index (χ2v) is 7.28. The first-order valence-electron chi connectivity index (χ1n) is 8.60. The SMILES string of the molecule is O=c1[nH]c(CNC2CCCCC2)nc2scc(-c3ccccc3)c12. The van der Waals surface area contributed by atoms with Crippen LogP contribution in [0.25, 0.3) is 21.3 Å². The smallest absolute Gasteiger partial charge is 0.260 e. The van der Waals surface area contributed by atoms with E-state index in [2.05, 4.69) is 15.3 Å². The van der Waals surface area contributed by atoms with Crippen LogP contribution in [0, 0.1) is 0 Å². The largest absolute Gasteiger partial charge is 0.309 e. The van der Waals surface area contributed by atoms with Gasteiger partial charge >= 0.3 is 0 Å². The van der Waals surface area contributed by atoms with Gasteiger partial charge < -0.3 is 10.3 Å². The average molecular weight is 339 g/mol. The van der Waals surface area contributed by atoms with E-state index in [1.54, 1.807) is 0 Å². The molecule has 4 rings (SSSR count). The van der Waals surface area contributed by atoms with Crippen molar-refractivity contribution in [2.45, 2.75) is 44.7 Å². The topological polar surface area (TPSA) is 57.8 Å². The van der Waals surface area contributed by atoms with Crippen LogP contribution in [0.5, 0.6) is 0 Å². The fourth-order valence-corrected chi connectivity index (χ4v) is 4.42. The number of benzene rings is 1. The standard InChI is InChI=1S/C19H21N3OS/c23-18-17-15(13-7-3-1-4-8-13)12-24-19(17)22-16(21-18)11-20-14-9-5-2-6-10-14/h1,3-4,7-8,12,14,20H,2,5-6,9-11H2,(H,21,22,23). The van der Waals surface area contributed by atoms with Crippen LogP contribution in [0.2, 0.25) is 0 Å². The average Bonchev–Trinajstić information content (AvgIpc) is 3.06. The van der Waals surface area contributed by atoms with Gasteiger partial charge in [0.25, 0.3) is 5.56 Å². The first-order valence-corrected chi connectivity index (χ1v) is 9.48. The van der Waals surface area contributed by atoms with Crippen LogP contribution in [0.15, 0.2) is 40.5 Å². The van der Waals surface area contributed by atoms with E-state index in [1.807, 2.05) is 35.7 Å². The van der Waals surface area contributed by atoms with Gasteiger partial charge in [0.05, 0.1) is 11.9 Å². The zero-order chi connectivity index (χ0) is 16.4. The van der Waals surface area contributed by atoms with Crippen LogP contribution in [-0.2, 0) is 6.54 Å². The third-order valence-corrected chi connectivity index (χ3v) is 5.61. The highest BCUT2D eigenvalue weighted by atomic mass is 32.1. The van der Waals surface area contributed by atoms with E-state index >= 15 is 0 Å². The molecule has 0 aliphatic heterocycles. The number of hydrogen-bond donors (Lipinski definition) is 2. The normalized spacial score (nSPS) is 15.8. The first kappa shape index (κ1) is 15.5. The number of aromatic amines is 1. The molecular formula is C19H21N3OS. The van der Waals surface area contributed by atoms with E-state index in [0.717, 1.165) is 21.8 Å². The second kappa shape index (κ2) is 6.87. The maximum atomic E-state index is 12.6. The van der Waals surface area contributed by atoms with Crippen molar-refractivity contribution >= 4 is 21.6 Å². The molecule has 1 saturated carbocycles. The Bertz CT molecular complexity index is 879. The van der Waals surface area contributed by atoms with Crippen molar-refractivity contribution in [2.24, 2.45) is 0 Å². The summed E-state index contributed by atoms with van der Waals surface area (Å²) in [4.78, 5) is 21.0. The molecule has 1 aliphatic rings. The molecule has 2 N–H and O–H groups in total. The molecule has 1 fully saturated rings. The molecule has 1 aliphatic carbocycles. The van der Waals surface area contributed by atoms with Crippen molar-refractivity contribution < 1.29 is 0 Å². The van der Waals surface area contributed by atoms with E-state index in [0.29, 0.717) is 18.0 Å². The summed E-state index contributed by atoms with van der Waals surface area (Å²) in [5, 5.41) is 6.27. The number of nitrogens with zero attached hydrogens (tertiary/aromatic N) is 1. The van der Waals surface area contributed by atoms with Crippen LogP contribution in [-0.4, -0.2) is 16.0 Å². The Morgan fingerprint density at radius 1 is 1.17 bits per heavy atom. The summed E-state index contributed by atoms with van der Waals surface area (Å²) in [6, 6.07) is 10.6. The van der Waals surface area contributed by atoms with Gasteiger partial charge in [-0.15, -0.1) is 11.3 Å². The molecule has 0 amide bonds. The van der Waals surface area contributed by atoms with E-state index in [1.165, 1.54) is 43.4 Å². The maximum Gasteiger partial charge on any atom is 0.260 e. The lowest BCUT2D eigenvalue weighted by Crippen LogP contribution is -2.31. The van der Waals surface area contributed by atoms with Crippen molar-refractivity contribution in [3.63, 3.8) is 0 Å². The van der Waals surface area contributed by atoms with Crippen molar-refractivity contribution in [2.75, 3.05) is 0 Å². The highest BCUT2D eigenvalue weighted by molar-refractivity contribution is 7.17. The van der Waals surface area contributed by atoms with Crippen LogP contribution >= 0.6 is 11.3 Å². The van der Waals surface area contributed by atoms with Gasteiger partial charge in [-0.3, -0.25) is 4.79 Å². The number of H-pyrrole nitrogens is 1. The van der Waals surface area contributed by atoms with Gasteiger partial charge in [-0.2, -0.15) is 0 Å². The number of aromatic nitrogens is 2. The summed E-state index contributed by atoms with van der Waals surface area (Å²) in [5.74, 6) is 0.736. The molecule has 5 heteroatoms. The fourth-order valence-electron chi connectivity index (χ4n) is 3.46. The monoisotopic (exact) mass is 339 g/mol.